The van der Waals surface area contributed by atoms with Gasteiger partial charge in [-0.1, -0.05) is 0 Å². The van der Waals surface area contributed by atoms with E-state index in [2.05, 4.69) is 0 Å². The Balaban J connectivity index is 2.54. The summed E-state index contributed by atoms with van der Waals surface area (Å²) in [4.78, 5) is 11.2. The SMILES string of the molecule is O=C1CCOc2ccc(O)cc21. The van der Waals surface area contributed by atoms with E-state index in [0.717, 1.165) is 0 Å². The molecule has 1 heterocycles. The monoisotopic (exact) mass is 164 g/mol. The Morgan fingerprint density at radius 3 is 3.08 bits per heavy atom. The molecular formula is C9H8O3. The maximum Gasteiger partial charge on any atom is 0.170 e. The minimum Gasteiger partial charge on any atom is -0.508 e. The summed E-state index contributed by atoms with van der Waals surface area (Å²) in [6.45, 7) is 0.441. The van der Waals surface area contributed by atoms with Gasteiger partial charge in [-0.25, -0.2) is 0 Å². The quantitative estimate of drug-likeness (QED) is 0.629. The molecule has 1 aromatic rings. The highest BCUT2D eigenvalue weighted by Crippen LogP contribution is 2.27. The summed E-state index contributed by atoms with van der Waals surface area (Å²) in [6.07, 6.45) is 0.399. The molecule has 12 heavy (non-hydrogen) atoms. The maximum absolute atomic E-state index is 11.2. The van der Waals surface area contributed by atoms with Crippen LogP contribution in [0.15, 0.2) is 18.2 Å². The molecule has 0 aliphatic carbocycles. The van der Waals surface area contributed by atoms with Gasteiger partial charge in [0.15, 0.2) is 5.78 Å². The van der Waals surface area contributed by atoms with E-state index in [0.29, 0.717) is 24.3 Å². The lowest BCUT2D eigenvalue weighted by Gasteiger charge is -2.15. The van der Waals surface area contributed by atoms with Crippen molar-refractivity contribution in [3.05, 3.63) is 23.8 Å². The first-order valence-corrected chi connectivity index (χ1v) is 3.76. The molecule has 0 saturated heterocycles. The molecule has 0 atom stereocenters. The lowest BCUT2D eigenvalue weighted by molar-refractivity contribution is 0.0933. The molecule has 0 radical (unpaired) electrons. The van der Waals surface area contributed by atoms with Crippen molar-refractivity contribution in [1.29, 1.82) is 0 Å². The van der Waals surface area contributed by atoms with Gasteiger partial charge in [-0.15, -0.1) is 0 Å². The Morgan fingerprint density at radius 2 is 2.25 bits per heavy atom. The molecule has 0 fully saturated rings. The molecule has 1 aromatic carbocycles. The second-order valence-corrected chi connectivity index (χ2v) is 2.70. The van der Waals surface area contributed by atoms with Crippen LogP contribution in [0, 0.1) is 0 Å². The Hall–Kier alpha value is -1.51. The van der Waals surface area contributed by atoms with Crippen molar-refractivity contribution < 1.29 is 14.6 Å². The van der Waals surface area contributed by atoms with Gasteiger partial charge in [0, 0.05) is 6.42 Å². The summed E-state index contributed by atoms with van der Waals surface area (Å²) >= 11 is 0. The lowest BCUT2D eigenvalue weighted by atomic mass is 10.1. The number of carbonyl (C=O) groups excluding carboxylic acids is 1. The molecule has 2 rings (SSSR count). The topological polar surface area (TPSA) is 46.5 Å². The van der Waals surface area contributed by atoms with E-state index < -0.39 is 0 Å². The van der Waals surface area contributed by atoms with Crippen molar-refractivity contribution in [2.24, 2.45) is 0 Å². The number of benzene rings is 1. The Kier molecular flexibility index (Phi) is 1.50. The van der Waals surface area contributed by atoms with Crippen LogP contribution in [-0.4, -0.2) is 17.5 Å². The van der Waals surface area contributed by atoms with Crippen LogP contribution < -0.4 is 4.74 Å². The second kappa shape index (κ2) is 2.52. The smallest absolute Gasteiger partial charge is 0.170 e. The van der Waals surface area contributed by atoms with E-state index in [4.69, 9.17) is 9.84 Å². The van der Waals surface area contributed by atoms with Crippen molar-refractivity contribution in [3.63, 3.8) is 0 Å². The Morgan fingerprint density at radius 1 is 1.42 bits per heavy atom. The molecule has 0 aromatic heterocycles. The first kappa shape index (κ1) is 7.16. The van der Waals surface area contributed by atoms with Gasteiger partial charge in [-0.2, -0.15) is 0 Å². The average Bonchev–Trinajstić information content (AvgIpc) is 2.07. The lowest BCUT2D eigenvalue weighted by Crippen LogP contribution is -2.14. The highest BCUT2D eigenvalue weighted by Gasteiger charge is 2.18. The van der Waals surface area contributed by atoms with Gasteiger partial charge in [0.25, 0.3) is 0 Å². The number of Topliss-reactive ketones (excluding diaryl/α,β-unsaturated/α-hetero) is 1. The molecule has 1 aliphatic heterocycles. The minimum atomic E-state index is 0.0344. The van der Waals surface area contributed by atoms with E-state index in [1.165, 1.54) is 12.1 Å². The molecule has 3 heteroatoms. The van der Waals surface area contributed by atoms with E-state index in [-0.39, 0.29) is 11.5 Å². The molecule has 1 aliphatic rings. The number of ketones is 1. The third kappa shape index (κ3) is 1.03. The average molecular weight is 164 g/mol. The highest BCUT2D eigenvalue weighted by atomic mass is 16.5. The van der Waals surface area contributed by atoms with Crippen molar-refractivity contribution >= 4 is 5.78 Å². The number of ether oxygens (including phenoxy) is 1. The van der Waals surface area contributed by atoms with Gasteiger partial charge in [0.2, 0.25) is 0 Å². The van der Waals surface area contributed by atoms with E-state index in [1.807, 2.05) is 0 Å². The number of hydrogen-bond donors (Lipinski definition) is 1. The number of carbonyl (C=O) groups is 1. The van der Waals surface area contributed by atoms with Crippen LogP contribution >= 0.6 is 0 Å². The molecule has 0 unspecified atom stereocenters. The van der Waals surface area contributed by atoms with Crippen molar-refractivity contribution in [2.75, 3.05) is 6.61 Å². The number of phenols is 1. The Bertz CT molecular complexity index is 331. The fourth-order valence-corrected chi connectivity index (χ4v) is 1.25. The number of phenolic OH excluding ortho intramolecular Hbond substituents is 1. The molecule has 62 valence electrons. The summed E-state index contributed by atoms with van der Waals surface area (Å²) in [6, 6.07) is 4.57. The minimum absolute atomic E-state index is 0.0344. The van der Waals surface area contributed by atoms with Crippen LogP contribution in [0.3, 0.4) is 0 Å². The summed E-state index contributed by atoms with van der Waals surface area (Å²) in [5.41, 5.74) is 0.487. The molecule has 1 N–H and O–H groups in total. The molecule has 0 amide bonds. The van der Waals surface area contributed by atoms with Gasteiger partial charge < -0.3 is 9.84 Å². The Labute approximate surface area is 69.6 Å². The predicted molar refractivity (Wildman–Crippen MR) is 42.5 cm³/mol. The van der Waals surface area contributed by atoms with Crippen molar-refractivity contribution in [2.45, 2.75) is 6.42 Å². The summed E-state index contributed by atoms with van der Waals surface area (Å²) < 4.78 is 5.22. The number of aromatic hydroxyl groups is 1. The molecular weight excluding hydrogens is 156 g/mol. The highest BCUT2D eigenvalue weighted by molar-refractivity contribution is 5.99. The second-order valence-electron chi connectivity index (χ2n) is 2.70. The molecule has 0 saturated carbocycles. The first-order chi connectivity index (χ1) is 5.77. The van der Waals surface area contributed by atoms with Crippen LogP contribution in [0.4, 0.5) is 0 Å². The van der Waals surface area contributed by atoms with Crippen LogP contribution in [0.2, 0.25) is 0 Å². The number of rotatable bonds is 0. The van der Waals surface area contributed by atoms with Gasteiger partial charge in [0.1, 0.15) is 11.5 Å². The standard InChI is InChI=1S/C9H8O3/c10-6-1-2-9-7(5-6)8(11)3-4-12-9/h1-2,5,10H,3-4H2. The van der Waals surface area contributed by atoms with Crippen molar-refractivity contribution in [3.8, 4) is 11.5 Å². The predicted octanol–water partition coefficient (Wildman–Crippen LogP) is 1.36. The molecule has 0 bridgehead atoms. The van der Waals surface area contributed by atoms with Gasteiger partial charge >= 0.3 is 0 Å². The van der Waals surface area contributed by atoms with Crippen LogP contribution in [0.25, 0.3) is 0 Å². The van der Waals surface area contributed by atoms with Gasteiger partial charge in [-0.05, 0) is 18.2 Å². The van der Waals surface area contributed by atoms with E-state index in [9.17, 15) is 4.79 Å². The van der Waals surface area contributed by atoms with Crippen LogP contribution in [0.1, 0.15) is 16.8 Å². The zero-order valence-corrected chi connectivity index (χ0v) is 6.41. The summed E-state index contributed by atoms with van der Waals surface area (Å²) in [5.74, 6) is 0.712. The van der Waals surface area contributed by atoms with E-state index in [1.54, 1.807) is 6.07 Å². The van der Waals surface area contributed by atoms with Crippen molar-refractivity contribution in [1.82, 2.24) is 0 Å². The van der Waals surface area contributed by atoms with Crippen LogP contribution in [-0.2, 0) is 0 Å². The fourth-order valence-electron chi connectivity index (χ4n) is 1.25. The maximum atomic E-state index is 11.2. The van der Waals surface area contributed by atoms with Crippen LogP contribution in [0.5, 0.6) is 11.5 Å². The van der Waals surface area contributed by atoms with E-state index >= 15 is 0 Å². The van der Waals surface area contributed by atoms with Gasteiger partial charge in [-0.3, -0.25) is 4.79 Å². The molecule has 0 spiro atoms. The zero-order valence-electron chi connectivity index (χ0n) is 6.41. The molecule has 3 nitrogen and oxygen atoms in total. The zero-order chi connectivity index (χ0) is 8.55. The third-order valence-corrected chi connectivity index (χ3v) is 1.85. The third-order valence-electron chi connectivity index (χ3n) is 1.85. The summed E-state index contributed by atoms with van der Waals surface area (Å²) in [7, 11) is 0. The number of fused-ring (bicyclic) bond motifs is 1. The largest absolute Gasteiger partial charge is 0.508 e. The van der Waals surface area contributed by atoms with Gasteiger partial charge in [0.05, 0.1) is 12.2 Å². The fraction of sp³-hybridized carbons (Fsp3) is 0.222. The normalized spacial score (nSPS) is 15.2. The first-order valence-electron chi connectivity index (χ1n) is 3.76. The number of hydrogen-bond acceptors (Lipinski definition) is 3. The summed E-state index contributed by atoms with van der Waals surface area (Å²) in [5, 5.41) is 9.10.